The quantitative estimate of drug-likeness (QED) is 0.511. The third-order valence-corrected chi connectivity index (χ3v) is 3.64. The van der Waals surface area contributed by atoms with Gasteiger partial charge in [0.2, 0.25) is 0 Å². The maximum Gasteiger partial charge on any atom is 0.167 e. The predicted molar refractivity (Wildman–Crippen MR) is 78.2 cm³/mol. The maximum absolute atomic E-state index is 10.2. The van der Waals surface area contributed by atoms with Crippen molar-refractivity contribution >= 4 is 17.0 Å². The first-order valence-corrected chi connectivity index (χ1v) is 7.19. The number of aliphatic hydroxyl groups excluding tert-OH is 3. The summed E-state index contributed by atoms with van der Waals surface area (Å²) in [7, 11) is 0. The van der Waals surface area contributed by atoms with E-state index in [1.165, 1.54) is 17.2 Å². The summed E-state index contributed by atoms with van der Waals surface area (Å²) in [6.07, 6.45) is -1.82. The van der Waals surface area contributed by atoms with Crippen molar-refractivity contribution in [1.29, 1.82) is 0 Å². The van der Waals surface area contributed by atoms with Gasteiger partial charge in [-0.1, -0.05) is 0 Å². The second-order valence-electron chi connectivity index (χ2n) is 5.52. The van der Waals surface area contributed by atoms with Crippen molar-refractivity contribution in [3.63, 3.8) is 0 Å². The van der Waals surface area contributed by atoms with Crippen LogP contribution in [0.3, 0.4) is 0 Å². The molecular weight excluding hydrogens is 306 g/mol. The van der Waals surface area contributed by atoms with Crippen LogP contribution in [0.15, 0.2) is 12.7 Å². The molecule has 0 saturated carbocycles. The predicted octanol–water partition coefficient (Wildman–Crippen LogP) is -1.57. The van der Waals surface area contributed by atoms with E-state index in [2.05, 4.69) is 15.0 Å². The third-order valence-electron chi connectivity index (χ3n) is 3.64. The Morgan fingerprint density at radius 2 is 2.13 bits per heavy atom. The Kier molecular flexibility index (Phi) is 4.41. The molecule has 3 rings (SSSR count). The second kappa shape index (κ2) is 6.34. The average Bonchev–Trinajstić information content (AvgIpc) is 3.04. The van der Waals surface area contributed by atoms with E-state index in [1.807, 2.05) is 0 Å². The molecule has 5 atom stereocenters. The molecular formula is C13H19N5O5. The molecule has 2 aromatic heterocycles. The summed E-state index contributed by atoms with van der Waals surface area (Å²) in [6.45, 7) is 1.75. The van der Waals surface area contributed by atoms with Crippen LogP contribution in [-0.2, 0) is 9.47 Å². The molecule has 126 valence electrons. The van der Waals surface area contributed by atoms with Crippen molar-refractivity contribution in [1.82, 2.24) is 19.5 Å². The zero-order valence-electron chi connectivity index (χ0n) is 12.5. The van der Waals surface area contributed by atoms with E-state index in [4.69, 9.17) is 15.2 Å². The number of nitrogen functional groups attached to an aromatic ring is 1. The van der Waals surface area contributed by atoms with Crippen molar-refractivity contribution in [3.05, 3.63) is 12.7 Å². The number of hydrogen-bond donors (Lipinski definition) is 4. The fourth-order valence-corrected chi connectivity index (χ4v) is 2.51. The zero-order chi connectivity index (χ0) is 16.6. The molecule has 0 aromatic carbocycles. The Balaban J connectivity index is 1.78. The standard InChI is InChI=1S/C13H19N5O5/c1-6(19)2-22-3-7-9(20)10(21)13(23-7)18-5-17-8-11(14)15-4-16-12(8)18/h4-7,9-10,13,19-21H,2-3H2,1H3,(H2,14,15,16)/t6?,7-,9-,10-,13-/m1/s1. The Labute approximate surface area is 131 Å². The SMILES string of the molecule is CC(O)COC[C@H]1O[C@@H](n2cnc3c(N)ncnc32)[C@H](O)[C@@H]1O. The smallest absolute Gasteiger partial charge is 0.167 e. The van der Waals surface area contributed by atoms with Crippen LogP contribution in [0.2, 0.25) is 0 Å². The van der Waals surface area contributed by atoms with E-state index < -0.39 is 30.6 Å². The zero-order valence-corrected chi connectivity index (χ0v) is 12.5. The molecule has 1 aliphatic rings. The lowest BCUT2D eigenvalue weighted by molar-refractivity contribution is -0.0742. The normalized spacial score (nSPS) is 29.2. The molecule has 1 saturated heterocycles. The fourth-order valence-electron chi connectivity index (χ4n) is 2.51. The Hall–Kier alpha value is -1.85. The number of nitrogens with zero attached hydrogens (tertiary/aromatic N) is 4. The van der Waals surface area contributed by atoms with E-state index in [0.29, 0.717) is 11.2 Å². The van der Waals surface area contributed by atoms with Gasteiger partial charge in [0.05, 0.1) is 25.6 Å². The molecule has 0 bridgehead atoms. The van der Waals surface area contributed by atoms with Gasteiger partial charge < -0.3 is 30.5 Å². The van der Waals surface area contributed by atoms with Crippen molar-refractivity contribution in [2.45, 2.75) is 37.6 Å². The van der Waals surface area contributed by atoms with E-state index in [1.54, 1.807) is 6.92 Å². The highest BCUT2D eigenvalue weighted by Gasteiger charge is 2.44. The summed E-state index contributed by atoms with van der Waals surface area (Å²) in [6, 6.07) is 0. The molecule has 0 radical (unpaired) electrons. The molecule has 0 aliphatic carbocycles. The average molecular weight is 325 g/mol. The van der Waals surface area contributed by atoms with E-state index in [9.17, 15) is 15.3 Å². The summed E-state index contributed by atoms with van der Waals surface area (Å²) in [5, 5.41) is 29.5. The van der Waals surface area contributed by atoms with Gasteiger partial charge in [0.25, 0.3) is 0 Å². The van der Waals surface area contributed by atoms with Crippen molar-refractivity contribution in [2.75, 3.05) is 18.9 Å². The molecule has 1 aliphatic heterocycles. The molecule has 2 aromatic rings. The van der Waals surface area contributed by atoms with Gasteiger partial charge >= 0.3 is 0 Å². The highest BCUT2D eigenvalue weighted by atomic mass is 16.6. The van der Waals surface area contributed by atoms with Gasteiger partial charge in [-0.15, -0.1) is 0 Å². The van der Waals surface area contributed by atoms with E-state index in [0.717, 1.165) is 0 Å². The van der Waals surface area contributed by atoms with E-state index >= 15 is 0 Å². The number of fused-ring (bicyclic) bond motifs is 1. The minimum absolute atomic E-state index is 0.0450. The minimum atomic E-state index is -1.18. The number of aromatic nitrogens is 4. The van der Waals surface area contributed by atoms with Crippen LogP contribution in [0.4, 0.5) is 5.82 Å². The fraction of sp³-hybridized carbons (Fsp3) is 0.615. The largest absolute Gasteiger partial charge is 0.391 e. The van der Waals surface area contributed by atoms with Gasteiger partial charge in [0.1, 0.15) is 30.2 Å². The van der Waals surface area contributed by atoms with Crippen LogP contribution in [0.1, 0.15) is 13.2 Å². The van der Waals surface area contributed by atoms with Crippen molar-refractivity contribution in [3.8, 4) is 0 Å². The Morgan fingerprint density at radius 1 is 1.35 bits per heavy atom. The summed E-state index contributed by atoms with van der Waals surface area (Å²) in [4.78, 5) is 12.0. The van der Waals surface area contributed by atoms with Gasteiger partial charge in [-0.25, -0.2) is 15.0 Å². The lowest BCUT2D eigenvalue weighted by Gasteiger charge is -2.16. The Morgan fingerprint density at radius 3 is 2.87 bits per heavy atom. The van der Waals surface area contributed by atoms with Gasteiger partial charge in [0.15, 0.2) is 17.7 Å². The number of nitrogens with two attached hydrogens (primary N) is 1. The molecule has 5 N–H and O–H groups in total. The van der Waals surface area contributed by atoms with E-state index in [-0.39, 0.29) is 19.0 Å². The monoisotopic (exact) mass is 325 g/mol. The number of hydrogen-bond acceptors (Lipinski definition) is 9. The van der Waals surface area contributed by atoms with Crippen molar-refractivity contribution < 1.29 is 24.8 Å². The number of imidazole rings is 1. The molecule has 10 nitrogen and oxygen atoms in total. The first kappa shape index (κ1) is 16.0. The molecule has 0 amide bonds. The highest BCUT2D eigenvalue weighted by Crippen LogP contribution is 2.32. The Bertz CT molecular complexity index is 678. The second-order valence-corrected chi connectivity index (χ2v) is 5.52. The van der Waals surface area contributed by atoms with Crippen LogP contribution < -0.4 is 5.73 Å². The van der Waals surface area contributed by atoms with Crippen LogP contribution in [-0.4, -0.2) is 72.5 Å². The summed E-state index contributed by atoms with van der Waals surface area (Å²) < 4.78 is 12.4. The summed E-state index contributed by atoms with van der Waals surface area (Å²) >= 11 is 0. The number of aliphatic hydroxyl groups is 3. The van der Waals surface area contributed by atoms with Gasteiger partial charge in [-0.2, -0.15) is 0 Å². The third kappa shape index (κ3) is 2.99. The van der Waals surface area contributed by atoms with Crippen molar-refractivity contribution in [2.24, 2.45) is 0 Å². The van der Waals surface area contributed by atoms with Crippen LogP contribution in [0, 0.1) is 0 Å². The number of rotatable bonds is 5. The first-order chi connectivity index (χ1) is 11.0. The maximum atomic E-state index is 10.2. The summed E-state index contributed by atoms with van der Waals surface area (Å²) in [5.74, 6) is 0.221. The number of ether oxygens (including phenoxy) is 2. The number of anilines is 1. The first-order valence-electron chi connectivity index (χ1n) is 7.19. The van der Waals surface area contributed by atoms with Crippen LogP contribution >= 0.6 is 0 Å². The van der Waals surface area contributed by atoms with Gasteiger partial charge in [0, 0.05) is 0 Å². The summed E-state index contributed by atoms with van der Waals surface area (Å²) in [5.41, 5.74) is 6.53. The lowest BCUT2D eigenvalue weighted by Crippen LogP contribution is -2.34. The van der Waals surface area contributed by atoms with Crippen LogP contribution in [0.5, 0.6) is 0 Å². The molecule has 0 spiro atoms. The topological polar surface area (TPSA) is 149 Å². The minimum Gasteiger partial charge on any atom is -0.391 e. The molecule has 1 fully saturated rings. The highest BCUT2D eigenvalue weighted by molar-refractivity contribution is 5.81. The molecule has 1 unspecified atom stereocenters. The van der Waals surface area contributed by atoms with Gasteiger partial charge in [-0.3, -0.25) is 4.57 Å². The molecule has 10 heteroatoms. The lowest BCUT2D eigenvalue weighted by atomic mass is 10.1. The van der Waals surface area contributed by atoms with Crippen LogP contribution in [0.25, 0.3) is 11.2 Å². The van der Waals surface area contributed by atoms with Gasteiger partial charge in [-0.05, 0) is 6.92 Å². The molecule has 23 heavy (non-hydrogen) atoms. The molecule has 3 heterocycles.